The van der Waals surface area contributed by atoms with E-state index in [1.54, 1.807) is 0 Å². The van der Waals surface area contributed by atoms with E-state index >= 15 is 0 Å². The number of rotatable bonds is 2. The first-order valence-corrected chi connectivity index (χ1v) is 5.62. The first-order valence-electron chi connectivity index (χ1n) is 4.23. The van der Waals surface area contributed by atoms with Crippen molar-refractivity contribution >= 4 is 10.4 Å². The third-order valence-electron chi connectivity index (χ3n) is 1.66. The minimum Gasteiger partial charge on any atom is -0.359 e. The Kier molecular flexibility index (Phi) is 5.51. The van der Waals surface area contributed by atoms with Crippen molar-refractivity contribution < 1.29 is 17.5 Å². The van der Waals surface area contributed by atoms with E-state index in [-0.39, 0.29) is 0 Å². The zero-order valence-electron chi connectivity index (χ0n) is 8.29. The molecular weight excluding hydrogens is 208 g/mol. The summed E-state index contributed by atoms with van der Waals surface area (Å²) in [4.78, 5) is 4.56. The maximum Gasteiger partial charge on any atom is 0.394 e. The van der Waals surface area contributed by atoms with E-state index in [9.17, 15) is 0 Å². The molecule has 0 aliphatic carbocycles. The van der Waals surface area contributed by atoms with Gasteiger partial charge in [0.25, 0.3) is 0 Å². The zero-order chi connectivity index (χ0) is 11.2. The fourth-order valence-corrected chi connectivity index (χ4v) is 0.927. The molecule has 0 atom stereocenters. The Morgan fingerprint density at radius 1 is 1.14 bits per heavy atom. The third kappa shape index (κ3) is 7.84. The molecule has 2 N–H and O–H groups in total. The molecule has 0 fully saturated rings. The molecule has 1 aliphatic rings. The Balaban J connectivity index is 0.000000292. The van der Waals surface area contributed by atoms with Crippen LogP contribution >= 0.6 is 0 Å². The van der Waals surface area contributed by atoms with Crippen molar-refractivity contribution in [3.05, 3.63) is 12.4 Å². The second kappa shape index (κ2) is 5.84. The van der Waals surface area contributed by atoms with Crippen LogP contribution in [0, 0.1) is 0 Å². The Morgan fingerprint density at radius 2 is 1.43 bits per heavy atom. The lowest BCUT2D eigenvalue weighted by Crippen LogP contribution is -2.24. The van der Waals surface area contributed by atoms with Gasteiger partial charge in [-0.3, -0.25) is 9.11 Å². The first kappa shape index (κ1) is 13.2. The third-order valence-corrected chi connectivity index (χ3v) is 1.66. The number of hydrogen-bond acceptors (Lipinski definition) is 4. The molecule has 0 amide bonds. The van der Waals surface area contributed by atoms with Gasteiger partial charge in [0.05, 0.1) is 6.67 Å². The smallest absolute Gasteiger partial charge is 0.359 e. The molecule has 0 aromatic rings. The first-order chi connectivity index (χ1) is 6.36. The maximum atomic E-state index is 8.74. The van der Waals surface area contributed by atoms with Crippen LogP contribution in [0.3, 0.4) is 0 Å². The van der Waals surface area contributed by atoms with Crippen LogP contribution in [0.4, 0.5) is 0 Å². The van der Waals surface area contributed by atoms with E-state index in [2.05, 4.69) is 36.0 Å². The quantitative estimate of drug-likeness (QED) is 0.662. The van der Waals surface area contributed by atoms with Gasteiger partial charge < -0.3 is 9.80 Å². The van der Waals surface area contributed by atoms with E-state index in [1.165, 1.54) is 0 Å². The van der Waals surface area contributed by atoms with E-state index in [1.807, 2.05) is 0 Å². The lowest BCUT2D eigenvalue weighted by Gasteiger charge is -2.17. The summed E-state index contributed by atoms with van der Waals surface area (Å²) in [6, 6.07) is 0. The second-order valence-electron chi connectivity index (χ2n) is 2.70. The molecule has 7 heteroatoms. The van der Waals surface area contributed by atoms with E-state index in [4.69, 9.17) is 17.5 Å². The molecule has 6 nitrogen and oxygen atoms in total. The molecular formula is C7H16N2O4S. The van der Waals surface area contributed by atoms with Crippen LogP contribution in [-0.4, -0.2) is 47.1 Å². The van der Waals surface area contributed by atoms with Crippen molar-refractivity contribution in [1.29, 1.82) is 0 Å². The molecule has 84 valence electrons. The molecule has 1 heterocycles. The Morgan fingerprint density at radius 3 is 1.57 bits per heavy atom. The molecule has 1 rings (SSSR count). The van der Waals surface area contributed by atoms with E-state index in [0.29, 0.717) is 0 Å². The molecule has 0 aromatic carbocycles. The highest BCUT2D eigenvalue weighted by molar-refractivity contribution is 7.79. The van der Waals surface area contributed by atoms with Crippen molar-refractivity contribution in [2.45, 2.75) is 13.8 Å². The molecule has 1 aliphatic heterocycles. The van der Waals surface area contributed by atoms with Gasteiger partial charge in [-0.2, -0.15) is 8.42 Å². The Hall–Kier alpha value is -0.790. The van der Waals surface area contributed by atoms with Crippen molar-refractivity contribution in [2.75, 3.05) is 19.8 Å². The van der Waals surface area contributed by atoms with Crippen LogP contribution in [0.5, 0.6) is 0 Å². The molecule has 0 saturated heterocycles. The van der Waals surface area contributed by atoms with Crippen molar-refractivity contribution in [3.63, 3.8) is 0 Å². The van der Waals surface area contributed by atoms with Gasteiger partial charge in [-0.15, -0.1) is 0 Å². The van der Waals surface area contributed by atoms with Gasteiger partial charge in [0.2, 0.25) is 0 Å². The van der Waals surface area contributed by atoms with Gasteiger partial charge >= 0.3 is 10.4 Å². The van der Waals surface area contributed by atoms with Crippen molar-refractivity contribution in [1.82, 2.24) is 9.80 Å². The highest BCUT2D eigenvalue weighted by Gasteiger charge is 2.06. The van der Waals surface area contributed by atoms with Crippen molar-refractivity contribution in [2.24, 2.45) is 0 Å². The number of hydrogen-bond donors (Lipinski definition) is 2. The average molecular weight is 224 g/mol. The molecule has 14 heavy (non-hydrogen) atoms. The summed E-state index contributed by atoms with van der Waals surface area (Å²) in [5, 5.41) is 0. The molecule has 0 saturated carbocycles. The van der Waals surface area contributed by atoms with Gasteiger partial charge in [-0.05, 0) is 13.8 Å². The lowest BCUT2D eigenvalue weighted by atomic mass is 10.6. The monoisotopic (exact) mass is 224 g/mol. The Bertz CT molecular complexity index is 255. The number of nitrogens with zero attached hydrogens (tertiary/aromatic N) is 2. The van der Waals surface area contributed by atoms with Gasteiger partial charge in [0.15, 0.2) is 0 Å². The summed E-state index contributed by atoms with van der Waals surface area (Å²) >= 11 is 0. The summed E-state index contributed by atoms with van der Waals surface area (Å²) in [6.45, 7) is 7.65. The minimum absolute atomic E-state index is 1.08. The van der Waals surface area contributed by atoms with Gasteiger partial charge in [0, 0.05) is 25.5 Å². The summed E-state index contributed by atoms with van der Waals surface area (Å²) in [6.07, 6.45) is 4.28. The SMILES string of the molecule is CCN1C=CN(CC)C1.O=S(=O)(O)O. The van der Waals surface area contributed by atoms with Gasteiger partial charge in [-0.25, -0.2) is 0 Å². The summed E-state index contributed by atoms with van der Waals surface area (Å²) < 4.78 is 31.6. The molecule has 0 spiro atoms. The summed E-state index contributed by atoms with van der Waals surface area (Å²) in [5.41, 5.74) is 0. The van der Waals surface area contributed by atoms with Gasteiger partial charge in [-0.1, -0.05) is 0 Å². The highest BCUT2D eigenvalue weighted by atomic mass is 32.3. The fraction of sp³-hybridized carbons (Fsp3) is 0.714. The topological polar surface area (TPSA) is 81.1 Å². The van der Waals surface area contributed by atoms with Crippen LogP contribution in [0.25, 0.3) is 0 Å². The maximum absolute atomic E-state index is 8.74. The van der Waals surface area contributed by atoms with Crippen molar-refractivity contribution in [3.8, 4) is 0 Å². The van der Waals surface area contributed by atoms with Crippen LogP contribution in [0.1, 0.15) is 13.8 Å². The van der Waals surface area contributed by atoms with Gasteiger partial charge in [0.1, 0.15) is 0 Å². The lowest BCUT2D eigenvalue weighted by molar-refractivity contribution is 0.282. The molecule has 0 radical (unpaired) electrons. The normalized spacial score (nSPS) is 15.4. The predicted octanol–water partition coefficient (Wildman–Crippen LogP) is 0.420. The second-order valence-corrected chi connectivity index (χ2v) is 3.59. The minimum atomic E-state index is -4.67. The largest absolute Gasteiger partial charge is 0.394 e. The van der Waals surface area contributed by atoms with Crippen LogP contribution in [0.15, 0.2) is 12.4 Å². The summed E-state index contributed by atoms with van der Waals surface area (Å²) in [5.74, 6) is 0. The van der Waals surface area contributed by atoms with Crippen LogP contribution in [-0.2, 0) is 10.4 Å². The molecule has 0 unspecified atom stereocenters. The van der Waals surface area contributed by atoms with E-state index in [0.717, 1.165) is 19.8 Å². The van der Waals surface area contributed by atoms with E-state index < -0.39 is 10.4 Å². The zero-order valence-corrected chi connectivity index (χ0v) is 9.11. The van der Waals surface area contributed by atoms with Crippen LogP contribution in [0.2, 0.25) is 0 Å². The summed E-state index contributed by atoms with van der Waals surface area (Å²) in [7, 11) is -4.67. The fourth-order valence-electron chi connectivity index (χ4n) is 0.927. The average Bonchev–Trinajstić information content (AvgIpc) is 2.48. The highest BCUT2D eigenvalue weighted by Crippen LogP contribution is 2.03. The Labute approximate surface area is 84.4 Å². The standard InChI is InChI=1S/C7H14N2.H2O4S/c1-3-8-5-6-9(4-2)7-8;1-5(2,3)4/h5-6H,3-4,7H2,1-2H3;(H2,1,2,3,4). The molecule has 0 aromatic heterocycles. The predicted molar refractivity (Wildman–Crippen MR) is 52.9 cm³/mol. The molecule has 0 bridgehead atoms. The van der Waals surface area contributed by atoms with Crippen LogP contribution < -0.4 is 0 Å².